The largest absolute Gasteiger partial charge is 0.492 e. The predicted molar refractivity (Wildman–Crippen MR) is 114 cm³/mol. The maximum Gasteiger partial charge on any atom is 0.290 e. The number of ether oxygens (including phenoxy) is 1. The van der Waals surface area contributed by atoms with Gasteiger partial charge in [-0.1, -0.05) is 28.1 Å². The fourth-order valence-electron chi connectivity index (χ4n) is 3.69. The molecular formula is C22H23BrN2O3. The van der Waals surface area contributed by atoms with Crippen molar-refractivity contribution in [3.8, 4) is 5.75 Å². The minimum Gasteiger partial charge on any atom is -0.492 e. The topological polar surface area (TPSA) is 45.9 Å². The van der Waals surface area contributed by atoms with Crippen LogP contribution in [-0.2, 0) is 0 Å². The van der Waals surface area contributed by atoms with Crippen molar-refractivity contribution in [2.45, 2.75) is 13.8 Å². The Morgan fingerprint density at radius 1 is 1.14 bits per heavy atom. The van der Waals surface area contributed by atoms with Crippen molar-refractivity contribution in [2.24, 2.45) is 0 Å². The molecule has 1 aliphatic rings. The quantitative estimate of drug-likeness (QED) is 0.578. The van der Waals surface area contributed by atoms with Gasteiger partial charge in [-0.2, -0.15) is 0 Å². The normalized spacial score (nSPS) is 14.5. The molecule has 28 heavy (non-hydrogen) atoms. The third-order valence-corrected chi connectivity index (χ3v) is 5.66. The summed E-state index contributed by atoms with van der Waals surface area (Å²) in [5.74, 6) is 1.29. The molecule has 0 unspecified atom stereocenters. The van der Waals surface area contributed by atoms with Crippen molar-refractivity contribution in [3.63, 3.8) is 0 Å². The van der Waals surface area contributed by atoms with Gasteiger partial charge >= 0.3 is 0 Å². The van der Waals surface area contributed by atoms with Gasteiger partial charge < -0.3 is 19.0 Å². The summed E-state index contributed by atoms with van der Waals surface area (Å²) < 4.78 is 12.6. The van der Waals surface area contributed by atoms with Crippen molar-refractivity contribution in [1.29, 1.82) is 0 Å². The number of halogens is 1. The van der Waals surface area contributed by atoms with Gasteiger partial charge in [0.2, 0.25) is 0 Å². The van der Waals surface area contributed by atoms with E-state index in [1.807, 2.05) is 55.1 Å². The van der Waals surface area contributed by atoms with E-state index in [-0.39, 0.29) is 5.91 Å². The second kappa shape index (κ2) is 7.87. The SMILES string of the molecule is CCOc1ccccc1N1CCN(C(=O)c2oc3ccc(Br)cc3c2C)CC1. The first-order valence-electron chi connectivity index (χ1n) is 9.53. The Bertz CT molecular complexity index is 1010. The first kappa shape index (κ1) is 18.9. The summed E-state index contributed by atoms with van der Waals surface area (Å²) in [6, 6.07) is 13.9. The molecule has 146 valence electrons. The molecule has 0 spiro atoms. The number of piperazine rings is 1. The van der Waals surface area contributed by atoms with Crippen molar-refractivity contribution < 1.29 is 13.9 Å². The molecule has 4 rings (SSSR count). The standard InChI is InChI=1S/C22H23BrN2O3/c1-3-27-20-7-5-4-6-18(20)24-10-12-25(13-11-24)22(26)21-15(2)17-14-16(23)8-9-19(17)28-21/h4-9,14H,3,10-13H2,1-2H3. The van der Waals surface area contributed by atoms with E-state index >= 15 is 0 Å². The second-order valence-corrected chi connectivity index (χ2v) is 7.79. The number of amides is 1. The molecule has 0 saturated carbocycles. The van der Waals surface area contributed by atoms with E-state index in [1.165, 1.54) is 0 Å². The highest BCUT2D eigenvalue weighted by atomic mass is 79.9. The van der Waals surface area contributed by atoms with Gasteiger partial charge in [0.05, 0.1) is 12.3 Å². The molecule has 6 heteroatoms. The van der Waals surface area contributed by atoms with Crippen molar-refractivity contribution >= 4 is 38.5 Å². The lowest BCUT2D eigenvalue weighted by Crippen LogP contribution is -2.49. The van der Waals surface area contributed by atoms with Crippen LogP contribution >= 0.6 is 15.9 Å². The maximum atomic E-state index is 13.1. The van der Waals surface area contributed by atoms with Gasteiger partial charge in [-0.25, -0.2) is 0 Å². The number of benzene rings is 2. The predicted octanol–water partition coefficient (Wildman–Crippen LogP) is 4.86. The summed E-state index contributed by atoms with van der Waals surface area (Å²) in [5, 5.41) is 0.974. The van der Waals surface area contributed by atoms with Crippen molar-refractivity contribution in [3.05, 3.63) is 58.3 Å². The summed E-state index contributed by atoms with van der Waals surface area (Å²) >= 11 is 3.48. The summed E-state index contributed by atoms with van der Waals surface area (Å²) in [4.78, 5) is 17.2. The number of fused-ring (bicyclic) bond motifs is 1. The summed E-state index contributed by atoms with van der Waals surface area (Å²) in [6.45, 7) is 7.40. The highest BCUT2D eigenvalue weighted by Gasteiger charge is 2.27. The number of carbonyl (C=O) groups excluding carboxylic acids is 1. The Balaban J connectivity index is 1.50. The van der Waals surface area contributed by atoms with Crippen LogP contribution in [0, 0.1) is 6.92 Å². The number of furan rings is 1. The van der Waals surface area contributed by atoms with Gasteiger partial charge in [-0.3, -0.25) is 4.79 Å². The molecule has 1 aliphatic heterocycles. The third kappa shape index (κ3) is 3.49. The Hall–Kier alpha value is -2.47. The van der Waals surface area contributed by atoms with Gasteiger partial charge in [-0.05, 0) is 44.2 Å². The second-order valence-electron chi connectivity index (χ2n) is 6.88. The molecule has 0 atom stereocenters. The summed E-state index contributed by atoms with van der Waals surface area (Å²) in [6.07, 6.45) is 0. The van der Waals surface area contributed by atoms with E-state index in [4.69, 9.17) is 9.15 Å². The number of hydrogen-bond donors (Lipinski definition) is 0. The van der Waals surface area contributed by atoms with Crippen molar-refractivity contribution in [2.75, 3.05) is 37.7 Å². The maximum absolute atomic E-state index is 13.1. The molecule has 5 nitrogen and oxygen atoms in total. The van der Waals surface area contributed by atoms with Crippen LogP contribution in [-0.4, -0.2) is 43.6 Å². The van der Waals surface area contributed by atoms with Crippen molar-refractivity contribution in [1.82, 2.24) is 4.90 Å². The lowest BCUT2D eigenvalue weighted by Gasteiger charge is -2.36. The zero-order chi connectivity index (χ0) is 19.7. The Kier molecular flexibility index (Phi) is 5.31. The summed E-state index contributed by atoms with van der Waals surface area (Å²) in [7, 11) is 0. The highest BCUT2D eigenvalue weighted by molar-refractivity contribution is 9.10. The molecule has 0 aliphatic carbocycles. The number of aryl methyl sites for hydroxylation is 1. The Morgan fingerprint density at radius 3 is 2.64 bits per heavy atom. The first-order valence-corrected chi connectivity index (χ1v) is 10.3. The zero-order valence-corrected chi connectivity index (χ0v) is 17.7. The minimum atomic E-state index is -0.0393. The smallest absolute Gasteiger partial charge is 0.290 e. The van der Waals surface area contributed by atoms with Gasteiger partial charge in [0.25, 0.3) is 5.91 Å². The van der Waals surface area contributed by atoms with Crippen LogP contribution in [0.2, 0.25) is 0 Å². The zero-order valence-electron chi connectivity index (χ0n) is 16.1. The monoisotopic (exact) mass is 442 g/mol. The molecule has 0 bridgehead atoms. The molecule has 1 amide bonds. The van der Waals surface area contributed by atoms with E-state index < -0.39 is 0 Å². The van der Waals surface area contributed by atoms with E-state index in [9.17, 15) is 4.79 Å². The number of nitrogens with zero attached hydrogens (tertiary/aromatic N) is 2. The number of hydrogen-bond acceptors (Lipinski definition) is 4. The molecule has 1 saturated heterocycles. The van der Waals surface area contributed by atoms with Crippen LogP contribution in [0.1, 0.15) is 23.0 Å². The van der Waals surface area contributed by atoms with E-state index in [0.717, 1.165) is 45.5 Å². The molecule has 0 N–H and O–H groups in total. The first-order chi connectivity index (χ1) is 13.6. The number of anilines is 1. The third-order valence-electron chi connectivity index (χ3n) is 5.17. The van der Waals surface area contributed by atoms with E-state index in [1.54, 1.807) is 0 Å². The van der Waals surface area contributed by atoms with Crippen LogP contribution in [0.4, 0.5) is 5.69 Å². The highest BCUT2D eigenvalue weighted by Crippen LogP contribution is 2.31. The van der Waals surface area contributed by atoms with Gasteiger partial charge in [-0.15, -0.1) is 0 Å². The lowest BCUT2D eigenvalue weighted by molar-refractivity contribution is 0.0716. The van der Waals surface area contributed by atoms with Crippen LogP contribution in [0.5, 0.6) is 5.75 Å². The lowest BCUT2D eigenvalue weighted by atomic mass is 10.1. The fourth-order valence-corrected chi connectivity index (χ4v) is 4.05. The molecule has 1 fully saturated rings. The summed E-state index contributed by atoms with van der Waals surface area (Å²) in [5.41, 5.74) is 2.72. The molecule has 0 radical (unpaired) electrons. The van der Waals surface area contributed by atoms with Gasteiger partial charge in [0, 0.05) is 41.6 Å². The number of para-hydroxylation sites is 2. The van der Waals surface area contributed by atoms with Crippen LogP contribution in [0.25, 0.3) is 11.0 Å². The molecule has 3 aromatic rings. The Labute approximate surface area is 173 Å². The minimum absolute atomic E-state index is 0.0393. The van der Waals surface area contributed by atoms with E-state index in [2.05, 4.69) is 26.9 Å². The molecule has 1 aromatic heterocycles. The van der Waals surface area contributed by atoms with Gasteiger partial charge in [0.1, 0.15) is 11.3 Å². The van der Waals surface area contributed by atoms with Crippen LogP contribution in [0.3, 0.4) is 0 Å². The number of rotatable bonds is 4. The number of carbonyl (C=O) groups is 1. The molecule has 2 aromatic carbocycles. The molecule has 2 heterocycles. The molecular weight excluding hydrogens is 420 g/mol. The van der Waals surface area contributed by atoms with E-state index in [0.29, 0.717) is 25.5 Å². The van der Waals surface area contributed by atoms with Crippen LogP contribution < -0.4 is 9.64 Å². The average Bonchev–Trinajstić information content (AvgIpc) is 3.04. The van der Waals surface area contributed by atoms with Gasteiger partial charge in [0.15, 0.2) is 5.76 Å². The Morgan fingerprint density at radius 2 is 1.89 bits per heavy atom. The average molecular weight is 443 g/mol. The van der Waals surface area contributed by atoms with Crippen LogP contribution in [0.15, 0.2) is 51.4 Å². The fraction of sp³-hybridized carbons (Fsp3) is 0.318.